The number of amides is 1. The van der Waals surface area contributed by atoms with E-state index in [0.717, 1.165) is 25.9 Å². The molecule has 2 N–H and O–H groups in total. The van der Waals surface area contributed by atoms with Gasteiger partial charge in [-0.05, 0) is 19.3 Å². The van der Waals surface area contributed by atoms with Gasteiger partial charge in [0.05, 0.1) is 0 Å². The standard InChI is InChI=1S/C7H14N2O2.ClH/c8-11-6-7(10)9-4-2-1-3-5-9;/h1-6,8H2;1H. The molecule has 1 amide bonds. The maximum absolute atomic E-state index is 11.1. The summed E-state index contributed by atoms with van der Waals surface area (Å²) in [5.41, 5.74) is 0. The van der Waals surface area contributed by atoms with Crippen molar-refractivity contribution in [1.29, 1.82) is 0 Å². The number of likely N-dealkylation sites (tertiary alicyclic amines) is 1. The van der Waals surface area contributed by atoms with Crippen LogP contribution in [-0.2, 0) is 9.63 Å². The minimum atomic E-state index is 0. The Balaban J connectivity index is 0.00000121. The molecule has 1 aliphatic heterocycles. The van der Waals surface area contributed by atoms with E-state index in [9.17, 15) is 4.79 Å². The van der Waals surface area contributed by atoms with Gasteiger partial charge in [-0.3, -0.25) is 9.63 Å². The predicted molar refractivity (Wildman–Crippen MR) is 47.8 cm³/mol. The highest BCUT2D eigenvalue weighted by atomic mass is 35.5. The van der Waals surface area contributed by atoms with E-state index < -0.39 is 0 Å². The fourth-order valence-electron chi connectivity index (χ4n) is 1.31. The van der Waals surface area contributed by atoms with Crippen LogP contribution in [0.25, 0.3) is 0 Å². The van der Waals surface area contributed by atoms with Crippen molar-refractivity contribution in [3.63, 3.8) is 0 Å². The van der Waals surface area contributed by atoms with Gasteiger partial charge in [-0.15, -0.1) is 12.4 Å². The lowest BCUT2D eigenvalue weighted by atomic mass is 10.1. The number of carbonyl (C=O) groups is 1. The Hall–Kier alpha value is -0.320. The zero-order valence-corrected chi connectivity index (χ0v) is 7.81. The van der Waals surface area contributed by atoms with E-state index >= 15 is 0 Å². The molecule has 0 radical (unpaired) electrons. The van der Waals surface area contributed by atoms with Crippen LogP contribution in [0.1, 0.15) is 19.3 Å². The third-order valence-corrected chi connectivity index (χ3v) is 1.92. The van der Waals surface area contributed by atoms with Crippen LogP contribution in [0.4, 0.5) is 0 Å². The number of rotatable bonds is 2. The van der Waals surface area contributed by atoms with E-state index in [1.807, 2.05) is 0 Å². The topological polar surface area (TPSA) is 55.6 Å². The molecule has 0 unspecified atom stereocenters. The number of nitrogens with two attached hydrogens (primary N) is 1. The van der Waals surface area contributed by atoms with E-state index in [2.05, 4.69) is 4.84 Å². The van der Waals surface area contributed by atoms with Crippen LogP contribution >= 0.6 is 12.4 Å². The lowest BCUT2D eigenvalue weighted by Crippen LogP contribution is -2.38. The summed E-state index contributed by atoms with van der Waals surface area (Å²) in [6.07, 6.45) is 3.44. The number of halogens is 1. The smallest absolute Gasteiger partial charge is 0.250 e. The fourth-order valence-corrected chi connectivity index (χ4v) is 1.31. The van der Waals surface area contributed by atoms with Crippen molar-refractivity contribution in [3.05, 3.63) is 0 Å². The van der Waals surface area contributed by atoms with Gasteiger partial charge in [0.2, 0.25) is 0 Å². The van der Waals surface area contributed by atoms with Crippen molar-refractivity contribution >= 4 is 18.3 Å². The lowest BCUT2D eigenvalue weighted by molar-refractivity contribution is -0.137. The van der Waals surface area contributed by atoms with Crippen LogP contribution in [-0.4, -0.2) is 30.5 Å². The van der Waals surface area contributed by atoms with Crippen molar-refractivity contribution in [2.45, 2.75) is 19.3 Å². The first-order valence-electron chi connectivity index (χ1n) is 3.94. The maximum Gasteiger partial charge on any atom is 0.250 e. The van der Waals surface area contributed by atoms with Crippen LogP contribution in [0.5, 0.6) is 0 Å². The Kier molecular flexibility index (Phi) is 6.06. The highest BCUT2D eigenvalue weighted by Gasteiger charge is 2.15. The third kappa shape index (κ3) is 3.38. The molecule has 1 aliphatic rings. The maximum atomic E-state index is 11.1. The molecule has 0 atom stereocenters. The monoisotopic (exact) mass is 194 g/mol. The van der Waals surface area contributed by atoms with Gasteiger partial charge < -0.3 is 4.90 Å². The number of piperidine rings is 1. The van der Waals surface area contributed by atoms with E-state index in [1.54, 1.807) is 4.90 Å². The molecule has 0 aliphatic carbocycles. The van der Waals surface area contributed by atoms with Gasteiger partial charge in [0, 0.05) is 13.1 Å². The van der Waals surface area contributed by atoms with Crippen LogP contribution in [0.3, 0.4) is 0 Å². The number of nitrogens with zero attached hydrogens (tertiary/aromatic N) is 1. The molecule has 72 valence electrons. The second kappa shape index (κ2) is 6.22. The minimum Gasteiger partial charge on any atom is -0.341 e. The fraction of sp³-hybridized carbons (Fsp3) is 0.857. The first-order valence-corrected chi connectivity index (χ1v) is 3.94. The van der Waals surface area contributed by atoms with Crippen LogP contribution in [0.15, 0.2) is 0 Å². The summed E-state index contributed by atoms with van der Waals surface area (Å²) >= 11 is 0. The Labute approximate surface area is 78.4 Å². The molecule has 0 saturated carbocycles. The van der Waals surface area contributed by atoms with Gasteiger partial charge in [-0.1, -0.05) is 0 Å². The van der Waals surface area contributed by atoms with Gasteiger partial charge in [0.15, 0.2) is 0 Å². The van der Waals surface area contributed by atoms with E-state index in [-0.39, 0.29) is 24.9 Å². The van der Waals surface area contributed by atoms with Gasteiger partial charge in [-0.25, -0.2) is 5.90 Å². The van der Waals surface area contributed by atoms with E-state index in [0.29, 0.717) is 0 Å². The Morgan fingerprint density at radius 3 is 2.42 bits per heavy atom. The summed E-state index contributed by atoms with van der Waals surface area (Å²) in [6, 6.07) is 0. The summed E-state index contributed by atoms with van der Waals surface area (Å²) in [5.74, 6) is 4.80. The molecule has 0 spiro atoms. The first kappa shape index (κ1) is 11.7. The van der Waals surface area contributed by atoms with Gasteiger partial charge in [0.1, 0.15) is 6.61 Å². The predicted octanol–water partition coefficient (Wildman–Crippen LogP) is 0.311. The average Bonchev–Trinajstić information content (AvgIpc) is 2.07. The van der Waals surface area contributed by atoms with Crippen molar-refractivity contribution in [3.8, 4) is 0 Å². The van der Waals surface area contributed by atoms with Crippen LogP contribution in [0.2, 0.25) is 0 Å². The number of hydrogen-bond acceptors (Lipinski definition) is 3. The van der Waals surface area contributed by atoms with E-state index in [4.69, 9.17) is 5.90 Å². The third-order valence-electron chi connectivity index (χ3n) is 1.92. The average molecular weight is 195 g/mol. The number of carbonyl (C=O) groups excluding carboxylic acids is 1. The van der Waals surface area contributed by atoms with Crippen molar-refractivity contribution in [2.24, 2.45) is 5.90 Å². The van der Waals surface area contributed by atoms with Crippen molar-refractivity contribution in [1.82, 2.24) is 4.90 Å². The molecule has 0 aromatic rings. The summed E-state index contributed by atoms with van der Waals surface area (Å²) < 4.78 is 0. The van der Waals surface area contributed by atoms with Gasteiger partial charge in [-0.2, -0.15) is 0 Å². The summed E-state index contributed by atoms with van der Waals surface area (Å²) in [7, 11) is 0. The molecule has 1 fully saturated rings. The molecule has 0 bridgehead atoms. The molecule has 0 aromatic carbocycles. The quantitative estimate of drug-likeness (QED) is 0.644. The molecule has 1 heterocycles. The SMILES string of the molecule is Cl.NOCC(=O)N1CCCCC1. The minimum absolute atomic E-state index is 0. The molecular weight excluding hydrogens is 180 g/mol. The van der Waals surface area contributed by atoms with Crippen LogP contribution in [0, 0.1) is 0 Å². The summed E-state index contributed by atoms with van der Waals surface area (Å²) in [6.45, 7) is 1.74. The molecule has 0 aromatic heterocycles. The Morgan fingerprint density at radius 2 is 1.92 bits per heavy atom. The molecule has 1 saturated heterocycles. The van der Waals surface area contributed by atoms with E-state index in [1.165, 1.54) is 6.42 Å². The lowest BCUT2D eigenvalue weighted by Gasteiger charge is -2.26. The second-order valence-corrected chi connectivity index (χ2v) is 2.75. The highest BCUT2D eigenvalue weighted by molar-refractivity contribution is 5.85. The Bertz CT molecular complexity index is 137. The van der Waals surface area contributed by atoms with Crippen LogP contribution < -0.4 is 5.90 Å². The first-order chi connectivity index (χ1) is 5.34. The molecule has 12 heavy (non-hydrogen) atoms. The van der Waals surface area contributed by atoms with Crippen molar-refractivity contribution < 1.29 is 9.63 Å². The second-order valence-electron chi connectivity index (χ2n) is 2.75. The molecule has 5 heteroatoms. The normalized spacial score (nSPS) is 16.9. The molecular formula is C7H15ClN2O2. The molecule has 4 nitrogen and oxygen atoms in total. The zero-order valence-electron chi connectivity index (χ0n) is 6.99. The van der Waals surface area contributed by atoms with Gasteiger partial charge >= 0.3 is 0 Å². The molecule has 1 rings (SSSR count). The number of hydrogen-bond donors (Lipinski definition) is 1. The largest absolute Gasteiger partial charge is 0.341 e. The van der Waals surface area contributed by atoms with Gasteiger partial charge in [0.25, 0.3) is 5.91 Å². The summed E-state index contributed by atoms with van der Waals surface area (Å²) in [4.78, 5) is 17.2. The highest BCUT2D eigenvalue weighted by Crippen LogP contribution is 2.08. The van der Waals surface area contributed by atoms with Crippen molar-refractivity contribution in [2.75, 3.05) is 19.7 Å². The summed E-state index contributed by atoms with van der Waals surface area (Å²) in [5, 5.41) is 0. The Morgan fingerprint density at radius 1 is 1.33 bits per heavy atom. The zero-order chi connectivity index (χ0) is 8.10.